The standard InChI is InChI=1S/C13H17ClFNO/c1-8-4-5-11(6-12(8)15)13(17)16-10(3)9(2)7-14/h4-6,9-10H,7H2,1-3H3,(H,16,17). The second kappa shape index (κ2) is 6.01. The molecule has 0 saturated carbocycles. The van der Waals surface area contributed by atoms with Crippen LogP contribution in [0.4, 0.5) is 4.39 Å². The number of benzene rings is 1. The maximum atomic E-state index is 13.3. The second-order valence-corrected chi connectivity index (χ2v) is 4.67. The van der Waals surface area contributed by atoms with Crippen molar-refractivity contribution in [2.24, 2.45) is 5.92 Å². The third kappa shape index (κ3) is 3.70. The van der Waals surface area contributed by atoms with Crippen LogP contribution in [0.1, 0.15) is 29.8 Å². The summed E-state index contributed by atoms with van der Waals surface area (Å²) in [6, 6.07) is 4.43. The van der Waals surface area contributed by atoms with E-state index in [1.807, 2.05) is 13.8 Å². The summed E-state index contributed by atoms with van der Waals surface area (Å²) < 4.78 is 13.3. The van der Waals surface area contributed by atoms with Gasteiger partial charge < -0.3 is 5.32 Å². The summed E-state index contributed by atoms with van der Waals surface area (Å²) in [5.41, 5.74) is 0.866. The van der Waals surface area contributed by atoms with Crippen molar-refractivity contribution < 1.29 is 9.18 Å². The van der Waals surface area contributed by atoms with Crippen LogP contribution in [0.3, 0.4) is 0 Å². The van der Waals surface area contributed by atoms with Crippen molar-refractivity contribution in [1.82, 2.24) is 5.32 Å². The van der Waals surface area contributed by atoms with Crippen molar-refractivity contribution in [3.8, 4) is 0 Å². The molecule has 1 amide bonds. The third-order valence-corrected chi connectivity index (χ3v) is 3.38. The summed E-state index contributed by atoms with van der Waals surface area (Å²) in [5, 5.41) is 2.80. The quantitative estimate of drug-likeness (QED) is 0.825. The van der Waals surface area contributed by atoms with Crippen molar-refractivity contribution >= 4 is 17.5 Å². The van der Waals surface area contributed by atoms with E-state index in [1.54, 1.807) is 19.1 Å². The van der Waals surface area contributed by atoms with Gasteiger partial charge in [-0.15, -0.1) is 11.6 Å². The van der Waals surface area contributed by atoms with Crippen LogP contribution in [0, 0.1) is 18.7 Å². The molecule has 2 atom stereocenters. The Bertz CT molecular complexity index is 408. The van der Waals surface area contributed by atoms with E-state index >= 15 is 0 Å². The van der Waals surface area contributed by atoms with Gasteiger partial charge in [-0.05, 0) is 37.5 Å². The van der Waals surface area contributed by atoms with E-state index in [1.165, 1.54) is 6.07 Å². The molecule has 2 nitrogen and oxygen atoms in total. The van der Waals surface area contributed by atoms with Gasteiger partial charge >= 0.3 is 0 Å². The first-order chi connectivity index (χ1) is 7.95. The molecule has 0 heterocycles. The van der Waals surface area contributed by atoms with Crippen molar-refractivity contribution in [1.29, 1.82) is 0 Å². The molecule has 0 radical (unpaired) electrons. The molecule has 4 heteroatoms. The molecule has 1 N–H and O–H groups in total. The summed E-state index contributed by atoms with van der Waals surface area (Å²) in [4.78, 5) is 11.8. The van der Waals surface area contributed by atoms with Crippen LogP contribution in [0.2, 0.25) is 0 Å². The van der Waals surface area contributed by atoms with E-state index in [-0.39, 0.29) is 23.7 Å². The van der Waals surface area contributed by atoms with Gasteiger partial charge in [-0.1, -0.05) is 13.0 Å². The first-order valence-electron chi connectivity index (χ1n) is 5.58. The van der Waals surface area contributed by atoms with Crippen molar-refractivity contribution in [3.05, 3.63) is 35.1 Å². The van der Waals surface area contributed by atoms with Crippen LogP contribution in [-0.2, 0) is 0 Å². The van der Waals surface area contributed by atoms with Crippen molar-refractivity contribution in [2.75, 3.05) is 5.88 Å². The molecule has 2 unspecified atom stereocenters. The van der Waals surface area contributed by atoms with E-state index in [0.717, 1.165) is 0 Å². The third-order valence-electron chi connectivity index (χ3n) is 2.89. The molecule has 17 heavy (non-hydrogen) atoms. The van der Waals surface area contributed by atoms with Gasteiger partial charge in [-0.25, -0.2) is 4.39 Å². The zero-order valence-electron chi connectivity index (χ0n) is 10.3. The zero-order valence-corrected chi connectivity index (χ0v) is 11.0. The Kier molecular flexibility index (Phi) is 4.94. The van der Waals surface area contributed by atoms with E-state index < -0.39 is 0 Å². The Labute approximate surface area is 106 Å². The van der Waals surface area contributed by atoms with Gasteiger partial charge in [0, 0.05) is 17.5 Å². The highest BCUT2D eigenvalue weighted by Crippen LogP contribution is 2.10. The Balaban J connectivity index is 2.73. The predicted octanol–water partition coefficient (Wildman–Crippen LogP) is 3.13. The largest absolute Gasteiger partial charge is 0.349 e. The SMILES string of the molecule is Cc1ccc(C(=O)NC(C)C(C)CCl)cc1F. The number of amides is 1. The lowest BCUT2D eigenvalue weighted by atomic mass is 10.1. The van der Waals surface area contributed by atoms with Gasteiger partial charge in [0.25, 0.3) is 5.91 Å². The molecule has 0 aliphatic rings. The minimum Gasteiger partial charge on any atom is -0.349 e. The number of halogens is 2. The summed E-state index contributed by atoms with van der Waals surface area (Å²) >= 11 is 5.71. The number of hydrogen-bond acceptors (Lipinski definition) is 1. The molecule has 0 aliphatic heterocycles. The lowest BCUT2D eigenvalue weighted by molar-refractivity contribution is 0.0930. The molecule has 0 fully saturated rings. The number of nitrogens with one attached hydrogen (secondary N) is 1. The smallest absolute Gasteiger partial charge is 0.251 e. The van der Waals surface area contributed by atoms with E-state index in [4.69, 9.17) is 11.6 Å². The molecular formula is C13H17ClFNO. The lowest BCUT2D eigenvalue weighted by Gasteiger charge is -2.19. The Morgan fingerprint density at radius 1 is 1.47 bits per heavy atom. The summed E-state index contributed by atoms with van der Waals surface area (Å²) in [6.07, 6.45) is 0. The number of alkyl halides is 1. The molecule has 0 saturated heterocycles. The van der Waals surface area contributed by atoms with Gasteiger partial charge in [0.1, 0.15) is 5.82 Å². The van der Waals surface area contributed by atoms with Crippen LogP contribution in [0.5, 0.6) is 0 Å². The number of rotatable bonds is 4. The van der Waals surface area contributed by atoms with Crippen molar-refractivity contribution in [3.63, 3.8) is 0 Å². The van der Waals surface area contributed by atoms with Gasteiger partial charge in [-0.2, -0.15) is 0 Å². The van der Waals surface area contributed by atoms with Gasteiger partial charge in [0.05, 0.1) is 0 Å². The van der Waals surface area contributed by atoms with E-state index in [2.05, 4.69) is 5.32 Å². The normalized spacial score (nSPS) is 14.2. The molecule has 0 spiro atoms. The maximum Gasteiger partial charge on any atom is 0.251 e. The fraction of sp³-hybridized carbons (Fsp3) is 0.462. The number of carbonyl (C=O) groups excluding carboxylic acids is 1. The highest BCUT2D eigenvalue weighted by atomic mass is 35.5. The van der Waals surface area contributed by atoms with Crippen molar-refractivity contribution in [2.45, 2.75) is 26.8 Å². The Hall–Kier alpha value is -1.09. The van der Waals surface area contributed by atoms with Gasteiger partial charge in [-0.3, -0.25) is 4.79 Å². The first kappa shape index (κ1) is 14.0. The monoisotopic (exact) mass is 257 g/mol. The second-order valence-electron chi connectivity index (χ2n) is 4.36. The van der Waals surface area contributed by atoms with Crippen LogP contribution < -0.4 is 5.32 Å². The zero-order chi connectivity index (χ0) is 13.0. The van der Waals surface area contributed by atoms with E-state index in [9.17, 15) is 9.18 Å². The lowest BCUT2D eigenvalue weighted by Crippen LogP contribution is -2.37. The summed E-state index contributed by atoms with van der Waals surface area (Å²) in [6.45, 7) is 5.50. The Morgan fingerprint density at radius 2 is 2.12 bits per heavy atom. The van der Waals surface area contributed by atoms with Crippen LogP contribution in [-0.4, -0.2) is 17.8 Å². The minimum absolute atomic E-state index is 0.0376. The highest BCUT2D eigenvalue weighted by molar-refractivity contribution is 6.18. The molecule has 1 rings (SSSR count). The maximum absolute atomic E-state index is 13.3. The molecule has 94 valence electrons. The molecular weight excluding hydrogens is 241 g/mol. The fourth-order valence-electron chi connectivity index (χ4n) is 1.30. The van der Waals surface area contributed by atoms with Gasteiger partial charge in [0.15, 0.2) is 0 Å². The predicted molar refractivity (Wildman–Crippen MR) is 67.9 cm³/mol. The molecule has 0 aromatic heterocycles. The topological polar surface area (TPSA) is 29.1 Å². The molecule has 1 aromatic rings. The van der Waals surface area contributed by atoms with Crippen LogP contribution in [0.15, 0.2) is 18.2 Å². The van der Waals surface area contributed by atoms with Gasteiger partial charge in [0.2, 0.25) is 0 Å². The first-order valence-corrected chi connectivity index (χ1v) is 6.12. The number of aryl methyl sites for hydroxylation is 1. The average molecular weight is 258 g/mol. The number of hydrogen-bond donors (Lipinski definition) is 1. The fourth-order valence-corrected chi connectivity index (χ4v) is 1.57. The average Bonchev–Trinajstić information content (AvgIpc) is 2.31. The minimum atomic E-state index is -0.365. The van der Waals surface area contributed by atoms with Crippen LogP contribution >= 0.6 is 11.6 Å². The summed E-state index contributed by atoms with van der Waals surface area (Å²) in [5.74, 6) is 0.0175. The summed E-state index contributed by atoms with van der Waals surface area (Å²) in [7, 11) is 0. The van der Waals surface area contributed by atoms with E-state index in [0.29, 0.717) is 17.0 Å². The highest BCUT2D eigenvalue weighted by Gasteiger charge is 2.15. The Morgan fingerprint density at radius 3 is 2.65 bits per heavy atom. The molecule has 0 aliphatic carbocycles. The molecule has 1 aromatic carbocycles. The van der Waals surface area contributed by atoms with Crippen LogP contribution in [0.25, 0.3) is 0 Å². The number of carbonyl (C=O) groups is 1. The molecule has 0 bridgehead atoms.